The number of piperazine rings is 1. The molecule has 2 amide bonds. The number of fused-ring (bicyclic) bond motifs is 1. The summed E-state index contributed by atoms with van der Waals surface area (Å²) in [5.74, 6) is -0.646. The lowest BCUT2D eigenvalue weighted by molar-refractivity contribution is 0.0647. The van der Waals surface area contributed by atoms with Crippen LogP contribution in [0.2, 0.25) is 0 Å². The first-order chi connectivity index (χ1) is 12.6. The number of hydrogen-bond donors (Lipinski definition) is 1. The summed E-state index contributed by atoms with van der Waals surface area (Å²) in [6.07, 6.45) is 1.66. The Bertz CT molecular complexity index is 882. The van der Waals surface area contributed by atoms with E-state index < -0.39 is 0 Å². The SMILES string of the molecule is O=C1c2ccccc2C(=O)N1CCn1ncc(N2CCNCC2)cc1=O. The third-order valence-electron chi connectivity index (χ3n) is 4.75. The lowest BCUT2D eigenvalue weighted by atomic mass is 10.1. The third kappa shape index (κ3) is 2.88. The number of rotatable bonds is 4. The van der Waals surface area contributed by atoms with Crippen LogP contribution in [0.4, 0.5) is 5.69 Å². The molecule has 4 rings (SSSR count). The van der Waals surface area contributed by atoms with Gasteiger partial charge in [-0.05, 0) is 12.1 Å². The molecule has 1 aromatic heterocycles. The van der Waals surface area contributed by atoms with Gasteiger partial charge >= 0.3 is 0 Å². The maximum Gasteiger partial charge on any atom is 0.268 e. The first kappa shape index (κ1) is 16.5. The standard InChI is InChI=1S/C18H19N5O3/c24-16-11-13(21-7-5-19-6-8-21)12-20-23(16)10-9-22-17(25)14-3-1-2-4-15(14)18(22)26/h1-4,11-12,19H,5-10H2. The zero-order valence-corrected chi connectivity index (χ0v) is 14.2. The summed E-state index contributed by atoms with van der Waals surface area (Å²) >= 11 is 0. The minimum Gasteiger partial charge on any atom is -0.368 e. The number of imide groups is 1. The number of amides is 2. The second-order valence-electron chi connectivity index (χ2n) is 6.32. The van der Waals surface area contributed by atoms with E-state index in [1.54, 1.807) is 36.5 Å². The van der Waals surface area contributed by atoms with Gasteiger partial charge in [0.1, 0.15) is 0 Å². The molecule has 0 saturated carbocycles. The van der Waals surface area contributed by atoms with Crippen LogP contribution in [0.1, 0.15) is 20.7 Å². The highest BCUT2D eigenvalue weighted by Crippen LogP contribution is 2.22. The van der Waals surface area contributed by atoms with E-state index in [2.05, 4.69) is 15.3 Å². The average Bonchev–Trinajstić information content (AvgIpc) is 2.92. The maximum atomic E-state index is 12.4. The van der Waals surface area contributed by atoms with Crippen molar-refractivity contribution in [2.24, 2.45) is 0 Å². The summed E-state index contributed by atoms with van der Waals surface area (Å²) in [7, 11) is 0. The van der Waals surface area contributed by atoms with Crippen molar-refractivity contribution in [3.63, 3.8) is 0 Å². The molecule has 0 radical (unpaired) electrons. The summed E-state index contributed by atoms with van der Waals surface area (Å²) in [5.41, 5.74) is 1.38. The summed E-state index contributed by atoms with van der Waals surface area (Å²) in [4.78, 5) is 40.3. The van der Waals surface area contributed by atoms with Crippen molar-refractivity contribution in [2.75, 3.05) is 37.6 Å². The Morgan fingerprint density at radius 3 is 2.23 bits per heavy atom. The van der Waals surface area contributed by atoms with Crippen LogP contribution in [-0.2, 0) is 6.54 Å². The minimum absolute atomic E-state index is 0.117. The first-order valence-corrected chi connectivity index (χ1v) is 8.63. The van der Waals surface area contributed by atoms with Gasteiger partial charge in [-0.2, -0.15) is 5.10 Å². The second kappa shape index (κ2) is 6.72. The fourth-order valence-corrected chi connectivity index (χ4v) is 3.32. The Balaban J connectivity index is 1.46. The second-order valence-corrected chi connectivity index (χ2v) is 6.32. The molecule has 1 N–H and O–H groups in total. The van der Waals surface area contributed by atoms with E-state index in [9.17, 15) is 14.4 Å². The Morgan fingerprint density at radius 1 is 0.962 bits per heavy atom. The van der Waals surface area contributed by atoms with Crippen LogP contribution in [-0.4, -0.2) is 59.2 Å². The third-order valence-corrected chi connectivity index (χ3v) is 4.75. The van der Waals surface area contributed by atoms with E-state index in [1.807, 2.05) is 0 Å². The molecule has 0 unspecified atom stereocenters. The predicted octanol–water partition coefficient (Wildman–Crippen LogP) is -0.0509. The van der Waals surface area contributed by atoms with Crippen molar-refractivity contribution in [3.8, 4) is 0 Å². The van der Waals surface area contributed by atoms with Gasteiger partial charge in [-0.15, -0.1) is 0 Å². The Morgan fingerprint density at radius 2 is 1.62 bits per heavy atom. The quantitative estimate of drug-likeness (QED) is 0.776. The lowest BCUT2D eigenvalue weighted by Gasteiger charge is -2.29. The Hall–Kier alpha value is -3.00. The van der Waals surface area contributed by atoms with Crippen LogP contribution in [0.5, 0.6) is 0 Å². The van der Waals surface area contributed by atoms with Gasteiger partial charge in [0.2, 0.25) is 0 Å². The van der Waals surface area contributed by atoms with Crippen molar-refractivity contribution in [1.29, 1.82) is 0 Å². The lowest BCUT2D eigenvalue weighted by Crippen LogP contribution is -2.44. The van der Waals surface area contributed by atoms with Gasteiger partial charge in [-0.3, -0.25) is 19.3 Å². The van der Waals surface area contributed by atoms with Crippen LogP contribution < -0.4 is 15.8 Å². The molecule has 0 aliphatic carbocycles. The zero-order chi connectivity index (χ0) is 18.1. The van der Waals surface area contributed by atoms with Gasteiger partial charge in [0.15, 0.2) is 0 Å². The summed E-state index contributed by atoms with van der Waals surface area (Å²) in [6, 6.07) is 8.30. The Kier molecular flexibility index (Phi) is 4.26. The summed E-state index contributed by atoms with van der Waals surface area (Å²) in [6.45, 7) is 3.71. The van der Waals surface area contributed by atoms with E-state index in [0.29, 0.717) is 11.1 Å². The van der Waals surface area contributed by atoms with Crippen LogP contribution in [0.3, 0.4) is 0 Å². The van der Waals surface area contributed by atoms with E-state index in [1.165, 1.54) is 9.58 Å². The highest BCUT2D eigenvalue weighted by Gasteiger charge is 2.34. The number of carbonyl (C=O) groups is 2. The first-order valence-electron chi connectivity index (χ1n) is 8.63. The van der Waals surface area contributed by atoms with Crippen LogP contribution >= 0.6 is 0 Å². The van der Waals surface area contributed by atoms with Crippen LogP contribution in [0.25, 0.3) is 0 Å². The summed E-state index contributed by atoms with van der Waals surface area (Å²) in [5, 5.41) is 7.47. The molecule has 0 spiro atoms. The van der Waals surface area contributed by atoms with E-state index in [4.69, 9.17) is 0 Å². The molecular formula is C18H19N5O3. The number of hydrogen-bond acceptors (Lipinski definition) is 6. The highest BCUT2D eigenvalue weighted by molar-refractivity contribution is 6.21. The molecule has 2 aliphatic heterocycles. The van der Waals surface area contributed by atoms with Gasteiger partial charge < -0.3 is 10.2 Å². The predicted molar refractivity (Wildman–Crippen MR) is 95.4 cm³/mol. The zero-order valence-electron chi connectivity index (χ0n) is 14.2. The van der Waals surface area contributed by atoms with Crippen molar-refractivity contribution in [1.82, 2.24) is 20.0 Å². The molecule has 3 heterocycles. The molecule has 0 atom stereocenters. The molecule has 134 valence electrons. The normalized spacial score (nSPS) is 16.9. The largest absolute Gasteiger partial charge is 0.368 e. The van der Waals surface area contributed by atoms with Crippen molar-refractivity contribution >= 4 is 17.5 Å². The monoisotopic (exact) mass is 353 g/mol. The van der Waals surface area contributed by atoms with Crippen LogP contribution in [0, 0.1) is 0 Å². The molecule has 1 aromatic carbocycles. The maximum absolute atomic E-state index is 12.4. The van der Waals surface area contributed by atoms with Gasteiger partial charge in [-0.1, -0.05) is 12.1 Å². The molecule has 0 bridgehead atoms. The topological polar surface area (TPSA) is 87.5 Å². The molecule has 1 fully saturated rings. The van der Waals surface area contributed by atoms with Gasteiger partial charge in [-0.25, -0.2) is 4.68 Å². The van der Waals surface area contributed by atoms with Crippen LogP contribution in [0.15, 0.2) is 41.3 Å². The van der Waals surface area contributed by atoms with Gasteiger partial charge in [0.05, 0.1) is 29.6 Å². The van der Waals surface area contributed by atoms with Gasteiger partial charge in [0.25, 0.3) is 17.4 Å². The molecule has 8 nitrogen and oxygen atoms in total. The van der Waals surface area contributed by atoms with Crippen molar-refractivity contribution in [2.45, 2.75) is 6.54 Å². The number of anilines is 1. The highest BCUT2D eigenvalue weighted by atomic mass is 16.2. The number of aromatic nitrogens is 2. The molecular weight excluding hydrogens is 334 g/mol. The molecule has 2 aromatic rings. The van der Waals surface area contributed by atoms with E-state index >= 15 is 0 Å². The molecule has 2 aliphatic rings. The van der Waals surface area contributed by atoms with Crippen molar-refractivity contribution in [3.05, 3.63) is 58.0 Å². The number of nitrogens with zero attached hydrogens (tertiary/aromatic N) is 4. The fourth-order valence-electron chi connectivity index (χ4n) is 3.32. The number of carbonyl (C=O) groups excluding carboxylic acids is 2. The molecule has 26 heavy (non-hydrogen) atoms. The van der Waals surface area contributed by atoms with Crippen molar-refractivity contribution < 1.29 is 9.59 Å². The Labute approximate surface area is 150 Å². The van der Waals surface area contributed by atoms with Gasteiger partial charge in [0, 0.05) is 38.8 Å². The fraction of sp³-hybridized carbons (Fsp3) is 0.333. The van der Waals surface area contributed by atoms with E-state index in [-0.39, 0.29) is 30.5 Å². The number of benzene rings is 1. The minimum atomic E-state index is -0.323. The average molecular weight is 353 g/mol. The smallest absolute Gasteiger partial charge is 0.268 e. The number of nitrogens with one attached hydrogen (secondary N) is 1. The molecule has 8 heteroatoms. The van der Waals surface area contributed by atoms with E-state index in [0.717, 1.165) is 31.9 Å². The molecule has 1 saturated heterocycles. The summed E-state index contributed by atoms with van der Waals surface area (Å²) < 4.78 is 1.29.